The van der Waals surface area contributed by atoms with Crippen LogP contribution in [0.25, 0.3) is 32.9 Å². The number of phenolic OH excluding ortho intramolecular Hbond substituents is 1. The Hall–Kier alpha value is -4.37. The number of phenols is 1. The number of terminal acetylenes is 1. The number of rotatable bonds is 7. The van der Waals surface area contributed by atoms with Crippen molar-refractivity contribution in [1.29, 1.82) is 0 Å². The van der Waals surface area contributed by atoms with Gasteiger partial charge in [0.25, 0.3) is 0 Å². The van der Waals surface area contributed by atoms with Crippen molar-refractivity contribution < 1.29 is 23.4 Å². The number of aromatic hydroxyl groups is 1. The largest absolute Gasteiger partial charge is 0.508 e. The average Bonchev–Trinajstić information content (AvgIpc) is 3.69. The number of hydrogen-bond donors (Lipinski definition) is 2. The van der Waals surface area contributed by atoms with Crippen LogP contribution in [-0.4, -0.2) is 88.6 Å². The number of aromatic nitrogens is 3. The number of piperazine rings is 1. The van der Waals surface area contributed by atoms with Crippen LogP contribution >= 0.6 is 0 Å². The van der Waals surface area contributed by atoms with Crippen molar-refractivity contribution >= 4 is 27.5 Å². The second kappa shape index (κ2) is 11.4. The number of halogens is 2. The zero-order valence-corrected chi connectivity index (χ0v) is 26.2. The molecule has 2 aromatic heterocycles. The van der Waals surface area contributed by atoms with Crippen LogP contribution in [0.5, 0.6) is 11.8 Å². The molecule has 47 heavy (non-hydrogen) atoms. The molecule has 2 aromatic carbocycles. The maximum absolute atomic E-state index is 16.9. The van der Waals surface area contributed by atoms with E-state index in [0.29, 0.717) is 55.0 Å². The van der Waals surface area contributed by atoms with Gasteiger partial charge in [-0.25, -0.2) is 8.78 Å². The quantitative estimate of drug-likeness (QED) is 0.216. The van der Waals surface area contributed by atoms with Gasteiger partial charge in [0.1, 0.15) is 35.2 Å². The summed E-state index contributed by atoms with van der Waals surface area (Å²) in [6.07, 6.45) is 12.1. The highest BCUT2D eigenvalue weighted by atomic mass is 19.1. The first-order valence-corrected chi connectivity index (χ1v) is 16.1. The maximum atomic E-state index is 16.9. The third-order valence-corrected chi connectivity index (χ3v) is 10.4. The zero-order chi connectivity index (χ0) is 32.4. The van der Waals surface area contributed by atoms with Crippen molar-refractivity contribution in [2.45, 2.75) is 55.8 Å². The lowest BCUT2D eigenvalue weighted by Gasteiger charge is -2.35. The van der Waals surface area contributed by atoms with Crippen LogP contribution in [0.4, 0.5) is 14.6 Å². The highest BCUT2D eigenvalue weighted by Gasteiger charge is 2.51. The van der Waals surface area contributed by atoms with E-state index >= 15 is 4.39 Å². The smallest absolute Gasteiger partial charge is 0.319 e. The van der Waals surface area contributed by atoms with E-state index in [4.69, 9.17) is 20.9 Å². The molecule has 8 rings (SSSR count). The van der Waals surface area contributed by atoms with E-state index in [1.165, 1.54) is 24.3 Å². The third kappa shape index (κ3) is 4.98. The number of fused-ring (bicyclic) bond motifs is 5. The number of nitrogens with one attached hydrogen (secondary N) is 1. The summed E-state index contributed by atoms with van der Waals surface area (Å²) < 4.78 is 43.7. The molecule has 4 fully saturated rings. The van der Waals surface area contributed by atoms with E-state index in [1.54, 1.807) is 13.3 Å². The molecule has 0 aliphatic carbocycles. The maximum Gasteiger partial charge on any atom is 0.319 e. The Balaban J connectivity index is 1.25. The van der Waals surface area contributed by atoms with Gasteiger partial charge in [0.05, 0.1) is 23.1 Å². The van der Waals surface area contributed by atoms with Crippen LogP contribution in [0.15, 0.2) is 42.6 Å². The number of benzene rings is 2. The lowest BCUT2D eigenvalue weighted by atomic mass is 9.94. The minimum atomic E-state index is -0.733. The normalized spacial score (nSPS) is 25.5. The van der Waals surface area contributed by atoms with Gasteiger partial charge in [-0.2, -0.15) is 9.97 Å². The van der Waals surface area contributed by atoms with Gasteiger partial charge in [0.2, 0.25) is 0 Å². The van der Waals surface area contributed by atoms with Crippen molar-refractivity contribution in [3.05, 3.63) is 59.8 Å². The summed E-state index contributed by atoms with van der Waals surface area (Å²) in [5.41, 5.74) is 0.951. The van der Waals surface area contributed by atoms with Crippen LogP contribution in [0.1, 0.15) is 37.7 Å². The Morgan fingerprint density at radius 1 is 1.17 bits per heavy atom. The lowest BCUT2D eigenvalue weighted by molar-refractivity contribution is 0.0522. The highest BCUT2D eigenvalue weighted by molar-refractivity contribution is 6.03. The van der Waals surface area contributed by atoms with E-state index in [2.05, 4.69) is 37.6 Å². The molecular weight excluding hydrogens is 602 g/mol. The molecule has 11 heteroatoms. The van der Waals surface area contributed by atoms with Crippen molar-refractivity contribution in [2.24, 2.45) is 0 Å². The summed E-state index contributed by atoms with van der Waals surface area (Å²) in [6, 6.07) is 6.51. The van der Waals surface area contributed by atoms with Crippen molar-refractivity contribution in [2.75, 3.05) is 44.9 Å². The van der Waals surface area contributed by atoms with Crippen LogP contribution in [0.2, 0.25) is 0 Å². The number of pyridine rings is 1. The standard InChI is InChI=1S/C36H36F2N6O3/c1-4-26-29(37)8-5-21-11-25(45)12-27(30(21)26)32-31(38)33-28(14-39-32)34(43-16-22-6-7-23(17-43)40-22)42-35(41-33)47-19-36-10-9-24(18-46-3)44(36)15-20(2)13-36/h1,5,8,11-12,14,22-24,40,45H,2,6-7,9-10,13,15-19H2,3H3/t22?,23?,24-,36-/m0/s1. The van der Waals surface area contributed by atoms with Gasteiger partial charge in [0.15, 0.2) is 5.82 Å². The molecule has 4 aliphatic heterocycles. The van der Waals surface area contributed by atoms with E-state index in [9.17, 15) is 9.50 Å². The van der Waals surface area contributed by atoms with Crippen LogP contribution < -0.4 is 15.0 Å². The Morgan fingerprint density at radius 2 is 1.98 bits per heavy atom. The van der Waals surface area contributed by atoms with E-state index in [1.807, 2.05) is 0 Å². The van der Waals surface area contributed by atoms with Gasteiger partial charge in [-0.05, 0) is 55.7 Å². The molecule has 0 spiro atoms. The van der Waals surface area contributed by atoms with Gasteiger partial charge < -0.3 is 24.8 Å². The van der Waals surface area contributed by atoms with Crippen LogP contribution in [0, 0.1) is 24.0 Å². The molecular formula is C36H36F2N6O3. The van der Waals surface area contributed by atoms with Crippen molar-refractivity contribution in [3.63, 3.8) is 0 Å². The molecule has 2 bridgehead atoms. The number of ether oxygens (including phenoxy) is 2. The molecule has 0 saturated carbocycles. The lowest BCUT2D eigenvalue weighted by Crippen LogP contribution is -2.51. The average molecular weight is 639 g/mol. The van der Waals surface area contributed by atoms with Crippen LogP contribution in [0.3, 0.4) is 0 Å². The van der Waals surface area contributed by atoms with E-state index in [0.717, 1.165) is 44.2 Å². The van der Waals surface area contributed by atoms with E-state index < -0.39 is 11.6 Å². The Labute approximate surface area is 271 Å². The predicted molar refractivity (Wildman–Crippen MR) is 176 cm³/mol. The first-order valence-electron chi connectivity index (χ1n) is 16.1. The zero-order valence-electron chi connectivity index (χ0n) is 26.2. The summed E-state index contributed by atoms with van der Waals surface area (Å²) in [5.74, 6) is 1.47. The number of anilines is 1. The van der Waals surface area contributed by atoms with Crippen LogP contribution in [-0.2, 0) is 4.74 Å². The summed E-state index contributed by atoms with van der Waals surface area (Å²) in [7, 11) is 1.72. The molecule has 4 aromatic rings. The second-order valence-corrected chi connectivity index (χ2v) is 13.4. The van der Waals surface area contributed by atoms with Gasteiger partial charge in [-0.3, -0.25) is 9.88 Å². The van der Waals surface area contributed by atoms with Gasteiger partial charge in [0, 0.05) is 62.0 Å². The SMILES string of the molecule is C#Cc1c(F)ccc2cc(O)cc(-c3ncc4c(N5CC6CCC(C5)N6)nc(OC[C@@]56CC[C@@H](COC)N5CC(=C)C6)nc4c3F)c12. The summed E-state index contributed by atoms with van der Waals surface area (Å²) in [5, 5.41) is 15.4. The molecule has 2 unspecified atom stereocenters. The molecule has 4 saturated heterocycles. The molecule has 4 aliphatic rings. The highest BCUT2D eigenvalue weighted by Crippen LogP contribution is 2.45. The summed E-state index contributed by atoms with van der Waals surface area (Å²) >= 11 is 0. The van der Waals surface area contributed by atoms with Gasteiger partial charge in [-0.1, -0.05) is 24.1 Å². The number of methoxy groups -OCH3 is 1. The van der Waals surface area contributed by atoms with E-state index in [-0.39, 0.29) is 51.1 Å². The molecule has 6 heterocycles. The van der Waals surface area contributed by atoms with Gasteiger partial charge in [-0.15, -0.1) is 6.42 Å². The Morgan fingerprint density at radius 3 is 2.74 bits per heavy atom. The van der Waals surface area contributed by atoms with Gasteiger partial charge >= 0.3 is 6.01 Å². The Bertz CT molecular complexity index is 1970. The first kappa shape index (κ1) is 30.0. The molecule has 0 amide bonds. The minimum Gasteiger partial charge on any atom is -0.508 e. The molecule has 242 valence electrons. The number of hydrogen-bond acceptors (Lipinski definition) is 9. The first-order chi connectivity index (χ1) is 22.8. The van der Waals surface area contributed by atoms with Crippen molar-refractivity contribution in [1.82, 2.24) is 25.2 Å². The minimum absolute atomic E-state index is 0.0323. The molecule has 0 radical (unpaired) electrons. The predicted octanol–water partition coefficient (Wildman–Crippen LogP) is 4.94. The summed E-state index contributed by atoms with van der Waals surface area (Å²) in [6.45, 7) is 7.44. The third-order valence-electron chi connectivity index (χ3n) is 10.4. The molecule has 9 nitrogen and oxygen atoms in total. The Kier molecular flexibility index (Phi) is 7.28. The number of nitrogens with zero attached hydrogens (tertiary/aromatic N) is 5. The topological polar surface area (TPSA) is 95.9 Å². The van der Waals surface area contributed by atoms with Crippen molar-refractivity contribution in [3.8, 4) is 35.4 Å². The monoisotopic (exact) mass is 638 g/mol. The fraction of sp³-hybridized carbons (Fsp3) is 0.417. The summed E-state index contributed by atoms with van der Waals surface area (Å²) in [4.78, 5) is 18.7. The fourth-order valence-corrected chi connectivity index (χ4v) is 8.38. The second-order valence-electron chi connectivity index (χ2n) is 13.4. The molecule has 4 atom stereocenters. The molecule has 2 N–H and O–H groups in total. The fourth-order valence-electron chi connectivity index (χ4n) is 8.38.